The number of amides is 1. The highest BCUT2D eigenvalue weighted by molar-refractivity contribution is 5.85. The Bertz CT molecular complexity index is 523. The van der Waals surface area contributed by atoms with Crippen molar-refractivity contribution in [1.82, 2.24) is 4.90 Å². The normalized spacial score (nSPS) is 24.7. The van der Waals surface area contributed by atoms with E-state index in [0.717, 1.165) is 57.5 Å². The summed E-state index contributed by atoms with van der Waals surface area (Å²) < 4.78 is 0. The lowest BCUT2D eigenvalue weighted by atomic mass is 9.89. The number of nitrogens with zero attached hydrogens (tertiary/aromatic N) is 1. The van der Waals surface area contributed by atoms with Crippen LogP contribution in [0.4, 0.5) is 0 Å². The highest BCUT2D eigenvalue weighted by Gasteiger charge is 2.34. The fourth-order valence-corrected chi connectivity index (χ4v) is 4.10. The number of carbonyl (C=O) groups is 1. The van der Waals surface area contributed by atoms with Gasteiger partial charge in [-0.3, -0.25) is 4.79 Å². The number of hydrogen-bond acceptors (Lipinski definition) is 2. The summed E-state index contributed by atoms with van der Waals surface area (Å²) in [6.45, 7) is 3.99. The molecule has 1 aliphatic heterocycles. The van der Waals surface area contributed by atoms with Crippen molar-refractivity contribution < 1.29 is 4.79 Å². The molecule has 2 N–H and O–H groups in total. The van der Waals surface area contributed by atoms with E-state index in [1.54, 1.807) is 0 Å². The van der Waals surface area contributed by atoms with Crippen LogP contribution in [0, 0.1) is 18.8 Å². The molecule has 3 rings (SSSR count). The number of aryl methyl sites for hydroxylation is 2. The second-order valence-corrected chi connectivity index (χ2v) is 7.49. The van der Waals surface area contributed by atoms with Crippen molar-refractivity contribution >= 4 is 18.3 Å². The van der Waals surface area contributed by atoms with Crippen molar-refractivity contribution in [3.63, 3.8) is 0 Å². The predicted molar refractivity (Wildman–Crippen MR) is 101 cm³/mol. The third-order valence-electron chi connectivity index (χ3n) is 5.77. The molecule has 2 fully saturated rings. The SMILES string of the molecule is Cc1ccc(CCC2CCN(C(=O)C3CCCC3N)CC2)cc1.Cl. The summed E-state index contributed by atoms with van der Waals surface area (Å²) in [5, 5.41) is 0. The van der Waals surface area contributed by atoms with E-state index in [1.807, 2.05) is 0 Å². The number of halogens is 1. The van der Waals surface area contributed by atoms with E-state index in [4.69, 9.17) is 5.73 Å². The van der Waals surface area contributed by atoms with Gasteiger partial charge < -0.3 is 10.6 Å². The summed E-state index contributed by atoms with van der Waals surface area (Å²) in [4.78, 5) is 14.7. The number of rotatable bonds is 4. The van der Waals surface area contributed by atoms with E-state index >= 15 is 0 Å². The average Bonchev–Trinajstić information content (AvgIpc) is 3.00. The molecule has 2 atom stereocenters. The van der Waals surface area contributed by atoms with Crippen molar-refractivity contribution in [2.75, 3.05) is 13.1 Å². The Kier molecular flexibility index (Phi) is 7.12. The Morgan fingerprint density at radius 1 is 1.12 bits per heavy atom. The first-order chi connectivity index (χ1) is 11.1. The molecule has 0 spiro atoms. The first-order valence-electron chi connectivity index (χ1n) is 9.23. The number of piperidine rings is 1. The van der Waals surface area contributed by atoms with E-state index in [2.05, 4.69) is 36.1 Å². The van der Waals surface area contributed by atoms with Crippen LogP contribution in [0.25, 0.3) is 0 Å². The van der Waals surface area contributed by atoms with Crippen LogP contribution in [-0.4, -0.2) is 29.9 Å². The molecule has 3 nitrogen and oxygen atoms in total. The van der Waals surface area contributed by atoms with Gasteiger partial charge in [-0.1, -0.05) is 36.2 Å². The summed E-state index contributed by atoms with van der Waals surface area (Å²) in [6, 6.07) is 8.98. The highest BCUT2D eigenvalue weighted by atomic mass is 35.5. The number of nitrogens with two attached hydrogens (primary N) is 1. The zero-order chi connectivity index (χ0) is 16.2. The van der Waals surface area contributed by atoms with Gasteiger partial charge in [0.25, 0.3) is 0 Å². The molecule has 1 saturated heterocycles. The molecule has 1 aliphatic carbocycles. The molecule has 1 aromatic carbocycles. The van der Waals surface area contributed by atoms with Crippen molar-refractivity contribution in [2.45, 2.75) is 57.9 Å². The number of carbonyl (C=O) groups excluding carboxylic acids is 1. The molecular weight excluding hydrogens is 320 g/mol. The lowest BCUT2D eigenvalue weighted by Crippen LogP contribution is -2.45. The fraction of sp³-hybridized carbons (Fsp3) is 0.650. The molecule has 2 aliphatic rings. The molecule has 0 radical (unpaired) electrons. The summed E-state index contributed by atoms with van der Waals surface area (Å²) in [5.41, 5.74) is 8.85. The second kappa shape index (κ2) is 8.87. The average molecular weight is 351 g/mol. The Morgan fingerprint density at radius 2 is 1.79 bits per heavy atom. The fourth-order valence-electron chi connectivity index (χ4n) is 4.10. The van der Waals surface area contributed by atoms with Crippen LogP contribution in [0.5, 0.6) is 0 Å². The molecule has 0 bridgehead atoms. The van der Waals surface area contributed by atoms with Crippen LogP contribution in [0.1, 0.15) is 49.7 Å². The number of hydrogen-bond donors (Lipinski definition) is 1. The van der Waals surface area contributed by atoms with Crippen molar-refractivity contribution in [2.24, 2.45) is 17.6 Å². The molecule has 1 saturated carbocycles. The maximum absolute atomic E-state index is 12.6. The molecule has 24 heavy (non-hydrogen) atoms. The van der Waals surface area contributed by atoms with Gasteiger partial charge in [-0.05, 0) is 56.9 Å². The molecule has 134 valence electrons. The van der Waals surface area contributed by atoms with Crippen molar-refractivity contribution in [1.29, 1.82) is 0 Å². The molecule has 0 aromatic heterocycles. The lowest BCUT2D eigenvalue weighted by Gasteiger charge is -2.34. The van der Waals surface area contributed by atoms with E-state index < -0.39 is 0 Å². The Labute approximate surface area is 152 Å². The zero-order valence-corrected chi connectivity index (χ0v) is 15.6. The van der Waals surface area contributed by atoms with Gasteiger partial charge in [0.2, 0.25) is 5.91 Å². The van der Waals surface area contributed by atoms with Crippen molar-refractivity contribution in [3.05, 3.63) is 35.4 Å². The van der Waals surface area contributed by atoms with E-state index in [-0.39, 0.29) is 24.4 Å². The lowest BCUT2D eigenvalue weighted by molar-refractivity contribution is -0.137. The van der Waals surface area contributed by atoms with Gasteiger partial charge in [-0.2, -0.15) is 0 Å². The van der Waals surface area contributed by atoms with Gasteiger partial charge in [-0.25, -0.2) is 0 Å². The number of benzene rings is 1. The first kappa shape index (κ1) is 19.3. The molecule has 1 amide bonds. The van der Waals surface area contributed by atoms with Gasteiger partial charge in [0, 0.05) is 19.1 Å². The maximum Gasteiger partial charge on any atom is 0.227 e. The van der Waals surface area contributed by atoms with Gasteiger partial charge in [0.1, 0.15) is 0 Å². The molecular formula is C20H31ClN2O. The standard InChI is InChI=1S/C20H30N2O.ClH/c1-15-5-7-16(8-6-15)9-10-17-11-13-22(14-12-17)20(23)18-3-2-4-19(18)21;/h5-8,17-19H,2-4,9-14,21H2,1H3;1H. The Hall–Kier alpha value is -1.06. The monoisotopic (exact) mass is 350 g/mol. The van der Waals surface area contributed by atoms with Crippen LogP contribution >= 0.6 is 12.4 Å². The van der Waals surface area contributed by atoms with E-state index in [1.165, 1.54) is 17.5 Å². The minimum Gasteiger partial charge on any atom is -0.342 e. The minimum atomic E-state index is 0. The van der Waals surface area contributed by atoms with E-state index in [0.29, 0.717) is 5.91 Å². The summed E-state index contributed by atoms with van der Waals surface area (Å²) in [6.07, 6.45) is 7.83. The first-order valence-corrected chi connectivity index (χ1v) is 9.23. The van der Waals surface area contributed by atoms with Gasteiger partial charge in [0.15, 0.2) is 0 Å². The van der Waals surface area contributed by atoms with Crippen molar-refractivity contribution in [3.8, 4) is 0 Å². The highest BCUT2D eigenvalue weighted by Crippen LogP contribution is 2.29. The summed E-state index contributed by atoms with van der Waals surface area (Å²) >= 11 is 0. The largest absolute Gasteiger partial charge is 0.342 e. The third-order valence-corrected chi connectivity index (χ3v) is 5.77. The zero-order valence-electron chi connectivity index (χ0n) is 14.7. The quantitative estimate of drug-likeness (QED) is 0.899. The molecule has 4 heteroatoms. The molecule has 2 unspecified atom stereocenters. The van der Waals surface area contributed by atoms with Gasteiger partial charge in [-0.15, -0.1) is 12.4 Å². The topological polar surface area (TPSA) is 46.3 Å². The molecule has 1 aromatic rings. The van der Waals surface area contributed by atoms with Crippen LogP contribution in [0.3, 0.4) is 0 Å². The van der Waals surface area contributed by atoms with Crippen LogP contribution in [0.15, 0.2) is 24.3 Å². The van der Waals surface area contributed by atoms with Gasteiger partial charge >= 0.3 is 0 Å². The molecule has 1 heterocycles. The van der Waals surface area contributed by atoms with E-state index in [9.17, 15) is 4.79 Å². The Morgan fingerprint density at radius 3 is 2.38 bits per heavy atom. The minimum absolute atomic E-state index is 0. The summed E-state index contributed by atoms with van der Waals surface area (Å²) in [5.74, 6) is 1.18. The smallest absolute Gasteiger partial charge is 0.227 e. The maximum atomic E-state index is 12.6. The van der Waals surface area contributed by atoms with Gasteiger partial charge in [0.05, 0.1) is 5.92 Å². The third kappa shape index (κ3) is 4.73. The Balaban J connectivity index is 0.00000208. The van der Waals surface area contributed by atoms with Crippen LogP contribution < -0.4 is 5.73 Å². The van der Waals surface area contributed by atoms with Crippen LogP contribution in [-0.2, 0) is 11.2 Å². The predicted octanol–water partition coefficient (Wildman–Crippen LogP) is 3.72. The van der Waals surface area contributed by atoms with Crippen LogP contribution in [0.2, 0.25) is 0 Å². The number of likely N-dealkylation sites (tertiary alicyclic amines) is 1. The summed E-state index contributed by atoms with van der Waals surface area (Å²) in [7, 11) is 0. The second-order valence-electron chi connectivity index (χ2n) is 7.49.